The molecule has 5 nitrogen and oxygen atoms in total. The first-order valence-corrected chi connectivity index (χ1v) is 9.65. The Morgan fingerprint density at radius 2 is 1.82 bits per heavy atom. The highest BCUT2D eigenvalue weighted by Crippen LogP contribution is 2.20. The molecule has 0 fully saturated rings. The molecule has 6 heteroatoms. The molecule has 3 atom stereocenters. The number of hydrogen-bond acceptors (Lipinski definition) is 5. The lowest BCUT2D eigenvalue weighted by molar-refractivity contribution is -0.147. The summed E-state index contributed by atoms with van der Waals surface area (Å²) >= 11 is 6.07. The molecule has 2 rings (SSSR count). The molecule has 152 valence electrons. The van der Waals surface area contributed by atoms with Gasteiger partial charge in [0, 0.05) is 24.7 Å². The standard InChI is InChI=1S/C22H28ClNO4/c1-15(24-14-21(26-3)18-6-5-7-19(23)13-18)12-17-8-10-20(11-9-17)28-16(2)22(25)27-4/h5-11,13,15-16,21,24H,12,14H2,1-4H3. The van der Waals surface area contributed by atoms with E-state index in [1.54, 1.807) is 14.0 Å². The zero-order valence-corrected chi connectivity index (χ0v) is 17.5. The number of methoxy groups -OCH3 is 2. The van der Waals surface area contributed by atoms with Gasteiger partial charge in [0.15, 0.2) is 6.10 Å². The molecule has 1 N–H and O–H groups in total. The maximum absolute atomic E-state index is 11.4. The van der Waals surface area contributed by atoms with Crippen LogP contribution in [0.2, 0.25) is 5.02 Å². The summed E-state index contributed by atoms with van der Waals surface area (Å²) in [5.74, 6) is 0.247. The molecule has 0 bridgehead atoms. The van der Waals surface area contributed by atoms with Gasteiger partial charge in [-0.2, -0.15) is 0 Å². The third-order valence-electron chi connectivity index (χ3n) is 4.47. The number of esters is 1. The van der Waals surface area contributed by atoms with E-state index >= 15 is 0 Å². The molecular weight excluding hydrogens is 378 g/mol. The van der Waals surface area contributed by atoms with Crippen molar-refractivity contribution in [2.75, 3.05) is 20.8 Å². The maximum Gasteiger partial charge on any atom is 0.346 e. The van der Waals surface area contributed by atoms with Crippen molar-refractivity contribution in [3.05, 3.63) is 64.7 Å². The number of benzene rings is 2. The second-order valence-electron chi connectivity index (χ2n) is 6.72. The molecule has 0 radical (unpaired) electrons. The maximum atomic E-state index is 11.4. The first kappa shape index (κ1) is 22.2. The molecule has 2 aromatic rings. The van der Waals surface area contributed by atoms with E-state index in [1.165, 1.54) is 12.7 Å². The molecule has 0 aliphatic rings. The monoisotopic (exact) mass is 405 g/mol. The first-order valence-electron chi connectivity index (χ1n) is 9.28. The predicted octanol–water partition coefficient (Wildman–Crippen LogP) is 4.19. The summed E-state index contributed by atoms with van der Waals surface area (Å²) < 4.78 is 15.8. The van der Waals surface area contributed by atoms with Gasteiger partial charge in [-0.3, -0.25) is 0 Å². The number of ether oxygens (including phenoxy) is 3. The van der Waals surface area contributed by atoms with Gasteiger partial charge >= 0.3 is 5.97 Å². The summed E-state index contributed by atoms with van der Waals surface area (Å²) in [6.07, 6.45) is 0.171. The van der Waals surface area contributed by atoms with Crippen LogP contribution in [-0.4, -0.2) is 38.9 Å². The van der Waals surface area contributed by atoms with Crippen molar-refractivity contribution in [1.82, 2.24) is 5.32 Å². The van der Waals surface area contributed by atoms with Gasteiger partial charge < -0.3 is 19.5 Å². The molecule has 3 unspecified atom stereocenters. The van der Waals surface area contributed by atoms with Gasteiger partial charge in [0.2, 0.25) is 0 Å². The van der Waals surface area contributed by atoms with Crippen LogP contribution in [-0.2, 0) is 20.7 Å². The number of carbonyl (C=O) groups excluding carboxylic acids is 1. The van der Waals surface area contributed by atoms with Crippen LogP contribution in [0.4, 0.5) is 0 Å². The van der Waals surface area contributed by atoms with E-state index in [0.717, 1.165) is 12.0 Å². The first-order chi connectivity index (χ1) is 13.4. The summed E-state index contributed by atoms with van der Waals surface area (Å²) in [7, 11) is 3.05. The second-order valence-corrected chi connectivity index (χ2v) is 7.16. The SMILES string of the molecule is COC(=O)C(C)Oc1ccc(CC(C)NCC(OC)c2cccc(Cl)c2)cc1. The molecule has 0 heterocycles. The van der Waals surface area contributed by atoms with Crippen LogP contribution in [0.5, 0.6) is 5.75 Å². The third kappa shape index (κ3) is 6.82. The molecular formula is C22H28ClNO4. The van der Waals surface area contributed by atoms with Gasteiger partial charge in [0.05, 0.1) is 13.2 Å². The van der Waals surface area contributed by atoms with Gasteiger partial charge in [-0.05, 0) is 55.7 Å². The Kier molecular flexibility index (Phi) is 8.77. The largest absolute Gasteiger partial charge is 0.479 e. The topological polar surface area (TPSA) is 56.8 Å². The van der Waals surface area contributed by atoms with Crippen molar-refractivity contribution in [3.8, 4) is 5.75 Å². The molecule has 0 amide bonds. The van der Waals surface area contributed by atoms with E-state index in [2.05, 4.69) is 17.0 Å². The van der Waals surface area contributed by atoms with Crippen molar-refractivity contribution >= 4 is 17.6 Å². The van der Waals surface area contributed by atoms with Crippen molar-refractivity contribution < 1.29 is 19.0 Å². The lowest BCUT2D eigenvalue weighted by Crippen LogP contribution is -2.32. The summed E-state index contributed by atoms with van der Waals surface area (Å²) in [6.45, 7) is 4.49. The van der Waals surface area contributed by atoms with Gasteiger partial charge in [0.1, 0.15) is 5.75 Å². The van der Waals surface area contributed by atoms with Gasteiger partial charge in [-0.25, -0.2) is 4.79 Å². The average molecular weight is 406 g/mol. The summed E-state index contributed by atoms with van der Waals surface area (Å²) in [5, 5.41) is 4.21. The van der Waals surface area contributed by atoms with Crippen LogP contribution in [0.1, 0.15) is 31.1 Å². The fourth-order valence-electron chi connectivity index (χ4n) is 2.90. The molecule has 2 aromatic carbocycles. The van der Waals surface area contributed by atoms with E-state index in [0.29, 0.717) is 17.3 Å². The van der Waals surface area contributed by atoms with Crippen molar-refractivity contribution in [2.45, 2.75) is 38.5 Å². The number of nitrogens with one attached hydrogen (secondary N) is 1. The third-order valence-corrected chi connectivity index (χ3v) is 4.70. The lowest BCUT2D eigenvalue weighted by atomic mass is 10.1. The van der Waals surface area contributed by atoms with Crippen LogP contribution in [0, 0.1) is 0 Å². The Morgan fingerprint density at radius 3 is 2.43 bits per heavy atom. The highest BCUT2D eigenvalue weighted by molar-refractivity contribution is 6.30. The van der Waals surface area contributed by atoms with E-state index in [1.807, 2.05) is 48.5 Å². The zero-order valence-electron chi connectivity index (χ0n) is 16.8. The van der Waals surface area contributed by atoms with Crippen LogP contribution >= 0.6 is 11.6 Å². The predicted molar refractivity (Wildman–Crippen MR) is 111 cm³/mol. The summed E-state index contributed by atoms with van der Waals surface area (Å²) in [5.41, 5.74) is 2.23. The summed E-state index contributed by atoms with van der Waals surface area (Å²) in [6, 6.07) is 15.7. The Hall–Kier alpha value is -2.08. The normalized spacial score (nSPS) is 14.2. The number of halogens is 1. The average Bonchev–Trinajstić information content (AvgIpc) is 2.69. The fraction of sp³-hybridized carbons (Fsp3) is 0.409. The molecule has 0 saturated carbocycles. The summed E-state index contributed by atoms with van der Waals surface area (Å²) in [4.78, 5) is 11.4. The van der Waals surface area contributed by atoms with Gasteiger partial charge in [0.25, 0.3) is 0 Å². The Morgan fingerprint density at radius 1 is 1.11 bits per heavy atom. The fourth-order valence-corrected chi connectivity index (χ4v) is 3.10. The smallest absolute Gasteiger partial charge is 0.346 e. The van der Waals surface area contributed by atoms with Crippen LogP contribution < -0.4 is 10.1 Å². The van der Waals surface area contributed by atoms with Crippen LogP contribution in [0.3, 0.4) is 0 Å². The molecule has 28 heavy (non-hydrogen) atoms. The molecule has 0 aliphatic heterocycles. The Balaban J connectivity index is 1.85. The second kappa shape index (κ2) is 11.1. The highest BCUT2D eigenvalue weighted by atomic mass is 35.5. The van der Waals surface area contributed by atoms with Crippen molar-refractivity contribution in [2.24, 2.45) is 0 Å². The lowest BCUT2D eigenvalue weighted by Gasteiger charge is -2.20. The molecule has 0 aliphatic carbocycles. The van der Waals surface area contributed by atoms with E-state index in [4.69, 9.17) is 21.1 Å². The number of carbonyl (C=O) groups is 1. The molecule has 0 aromatic heterocycles. The molecule has 0 saturated heterocycles. The van der Waals surface area contributed by atoms with E-state index < -0.39 is 12.1 Å². The van der Waals surface area contributed by atoms with Gasteiger partial charge in [-0.15, -0.1) is 0 Å². The minimum atomic E-state index is -0.631. The number of hydrogen-bond donors (Lipinski definition) is 1. The Bertz CT molecular complexity index is 750. The Labute approximate surface area is 171 Å². The minimum absolute atomic E-state index is 0.0586. The van der Waals surface area contributed by atoms with Crippen LogP contribution in [0.25, 0.3) is 0 Å². The van der Waals surface area contributed by atoms with Crippen molar-refractivity contribution in [1.29, 1.82) is 0 Å². The van der Waals surface area contributed by atoms with Gasteiger partial charge in [-0.1, -0.05) is 35.9 Å². The molecule has 0 spiro atoms. The van der Waals surface area contributed by atoms with Crippen LogP contribution in [0.15, 0.2) is 48.5 Å². The zero-order chi connectivity index (χ0) is 20.5. The number of rotatable bonds is 10. The van der Waals surface area contributed by atoms with E-state index in [-0.39, 0.29) is 12.1 Å². The minimum Gasteiger partial charge on any atom is -0.479 e. The quantitative estimate of drug-likeness (QED) is 0.600. The highest BCUT2D eigenvalue weighted by Gasteiger charge is 2.15. The van der Waals surface area contributed by atoms with Crippen molar-refractivity contribution in [3.63, 3.8) is 0 Å². The van der Waals surface area contributed by atoms with E-state index in [9.17, 15) is 4.79 Å².